The van der Waals surface area contributed by atoms with Crippen LogP contribution in [0.3, 0.4) is 0 Å². The minimum Gasteiger partial charge on any atom is -0.496 e. The summed E-state index contributed by atoms with van der Waals surface area (Å²) < 4.78 is 17.2. The molecule has 5 heteroatoms. The summed E-state index contributed by atoms with van der Waals surface area (Å²) in [5.74, 6) is 2.55. The Balaban J connectivity index is 2.31. The van der Waals surface area contributed by atoms with Gasteiger partial charge in [-0.2, -0.15) is 0 Å². The number of ether oxygens (including phenoxy) is 3. The Morgan fingerprint density at radius 2 is 1.47 bits per heavy atom. The van der Waals surface area contributed by atoms with Gasteiger partial charge < -0.3 is 19.9 Å². The monoisotopic (exact) mass is 371 g/mol. The number of methoxy groups -OCH3 is 2. The van der Waals surface area contributed by atoms with Crippen LogP contribution in [-0.2, 0) is 0 Å². The SMILES string of the molecule is COc1cc(OC)cc(Oc2ccc(I)cc2N)c1. The third-order valence-electron chi connectivity index (χ3n) is 2.52. The van der Waals surface area contributed by atoms with Gasteiger partial charge >= 0.3 is 0 Å². The summed E-state index contributed by atoms with van der Waals surface area (Å²) in [6.45, 7) is 0. The third kappa shape index (κ3) is 3.44. The minimum atomic E-state index is 0.591. The van der Waals surface area contributed by atoms with Gasteiger partial charge in [0, 0.05) is 21.8 Å². The standard InChI is InChI=1S/C14H14INO3/c1-17-10-6-11(18-2)8-12(7-10)19-14-4-3-9(15)5-13(14)16/h3-8H,16H2,1-2H3. The smallest absolute Gasteiger partial charge is 0.150 e. The van der Waals surface area contributed by atoms with Crippen LogP contribution in [0.15, 0.2) is 36.4 Å². The maximum absolute atomic E-state index is 5.92. The van der Waals surface area contributed by atoms with Crippen molar-refractivity contribution in [3.63, 3.8) is 0 Å². The summed E-state index contributed by atoms with van der Waals surface area (Å²) in [5.41, 5.74) is 6.51. The largest absolute Gasteiger partial charge is 0.496 e. The Hall–Kier alpha value is -1.63. The summed E-state index contributed by atoms with van der Waals surface area (Å²) in [6.07, 6.45) is 0. The van der Waals surface area contributed by atoms with Crippen LogP contribution >= 0.6 is 22.6 Å². The van der Waals surface area contributed by atoms with E-state index in [4.69, 9.17) is 19.9 Å². The molecule has 0 fully saturated rings. The molecule has 2 N–H and O–H groups in total. The van der Waals surface area contributed by atoms with Gasteiger partial charge in [-0.15, -0.1) is 0 Å². The van der Waals surface area contributed by atoms with Crippen LogP contribution in [0.2, 0.25) is 0 Å². The van der Waals surface area contributed by atoms with Crippen molar-refractivity contribution in [3.8, 4) is 23.0 Å². The molecule has 0 amide bonds. The molecule has 0 saturated heterocycles. The van der Waals surface area contributed by atoms with E-state index in [0.29, 0.717) is 28.7 Å². The van der Waals surface area contributed by atoms with Gasteiger partial charge in [-0.1, -0.05) is 0 Å². The van der Waals surface area contributed by atoms with E-state index in [1.807, 2.05) is 18.2 Å². The van der Waals surface area contributed by atoms with E-state index >= 15 is 0 Å². The molecule has 0 aliphatic carbocycles. The van der Waals surface area contributed by atoms with Crippen molar-refractivity contribution in [1.29, 1.82) is 0 Å². The molecule has 100 valence electrons. The first-order valence-electron chi connectivity index (χ1n) is 5.58. The molecule has 0 unspecified atom stereocenters. The zero-order chi connectivity index (χ0) is 13.8. The predicted molar refractivity (Wildman–Crippen MR) is 83.2 cm³/mol. The van der Waals surface area contributed by atoms with Crippen LogP contribution in [0.25, 0.3) is 0 Å². The zero-order valence-electron chi connectivity index (χ0n) is 10.6. The van der Waals surface area contributed by atoms with E-state index in [0.717, 1.165) is 3.57 Å². The van der Waals surface area contributed by atoms with Crippen molar-refractivity contribution in [2.24, 2.45) is 0 Å². The summed E-state index contributed by atoms with van der Waals surface area (Å²) in [6, 6.07) is 11.0. The van der Waals surface area contributed by atoms with Gasteiger partial charge in [0.1, 0.15) is 23.0 Å². The fraction of sp³-hybridized carbons (Fsp3) is 0.143. The lowest BCUT2D eigenvalue weighted by atomic mass is 10.3. The predicted octanol–water partition coefficient (Wildman–Crippen LogP) is 3.68. The average Bonchev–Trinajstić information content (AvgIpc) is 2.41. The van der Waals surface area contributed by atoms with E-state index in [1.165, 1.54) is 0 Å². The number of nitrogen functional groups attached to an aromatic ring is 1. The molecule has 0 radical (unpaired) electrons. The molecule has 19 heavy (non-hydrogen) atoms. The van der Waals surface area contributed by atoms with Crippen LogP contribution in [-0.4, -0.2) is 14.2 Å². The van der Waals surface area contributed by atoms with Crippen LogP contribution in [0, 0.1) is 3.57 Å². The first-order chi connectivity index (χ1) is 9.12. The number of halogens is 1. The quantitative estimate of drug-likeness (QED) is 0.658. The molecule has 0 spiro atoms. The maximum atomic E-state index is 5.92. The Morgan fingerprint density at radius 3 is 2.00 bits per heavy atom. The van der Waals surface area contributed by atoms with Gasteiger partial charge in [0.05, 0.1) is 19.9 Å². The van der Waals surface area contributed by atoms with Gasteiger partial charge in [-0.05, 0) is 40.8 Å². The molecule has 0 heterocycles. The van der Waals surface area contributed by atoms with Crippen molar-refractivity contribution >= 4 is 28.3 Å². The number of hydrogen-bond acceptors (Lipinski definition) is 4. The minimum absolute atomic E-state index is 0.591. The third-order valence-corrected chi connectivity index (χ3v) is 3.20. The first kappa shape index (κ1) is 13.8. The Kier molecular flexibility index (Phi) is 4.36. The van der Waals surface area contributed by atoms with Crippen LogP contribution in [0.4, 0.5) is 5.69 Å². The summed E-state index contributed by atoms with van der Waals surface area (Å²) in [7, 11) is 3.19. The molecule has 2 aromatic rings. The lowest BCUT2D eigenvalue weighted by Crippen LogP contribution is -1.94. The second-order valence-electron chi connectivity index (χ2n) is 3.83. The molecular weight excluding hydrogens is 357 g/mol. The molecule has 4 nitrogen and oxygen atoms in total. The van der Waals surface area contributed by atoms with Gasteiger partial charge in [0.15, 0.2) is 0 Å². The van der Waals surface area contributed by atoms with E-state index in [1.54, 1.807) is 32.4 Å². The van der Waals surface area contributed by atoms with Gasteiger partial charge in [0.2, 0.25) is 0 Å². The van der Waals surface area contributed by atoms with E-state index in [9.17, 15) is 0 Å². The molecule has 0 aromatic heterocycles. The average molecular weight is 371 g/mol. The molecule has 0 saturated carbocycles. The summed E-state index contributed by atoms with van der Waals surface area (Å²) >= 11 is 2.20. The van der Waals surface area contributed by atoms with Crippen molar-refractivity contribution < 1.29 is 14.2 Å². The lowest BCUT2D eigenvalue weighted by molar-refractivity contribution is 0.386. The van der Waals surface area contributed by atoms with Crippen molar-refractivity contribution in [2.45, 2.75) is 0 Å². The summed E-state index contributed by atoms with van der Waals surface area (Å²) in [5, 5.41) is 0. The van der Waals surface area contributed by atoms with Gasteiger partial charge in [-0.3, -0.25) is 0 Å². The van der Waals surface area contributed by atoms with Crippen molar-refractivity contribution in [2.75, 3.05) is 20.0 Å². The number of nitrogens with two attached hydrogens (primary N) is 1. The number of rotatable bonds is 4. The van der Waals surface area contributed by atoms with Crippen molar-refractivity contribution in [1.82, 2.24) is 0 Å². The highest BCUT2D eigenvalue weighted by atomic mass is 127. The maximum Gasteiger partial charge on any atom is 0.150 e. The topological polar surface area (TPSA) is 53.7 Å². The zero-order valence-corrected chi connectivity index (χ0v) is 12.8. The Bertz CT molecular complexity index is 565. The molecular formula is C14H14INO3. The van der Waals surface area contributed by atoms with Gasteiger partial charge in [0.25, 0.3) is 0 Å². The van der Waals surface area contributed by atoms with E-state index < -0.39 is 0 Å². The second kappa shape index (κ2) is 6.01. The lowest BCUT2D eigenvalue weighted by Gasteiger charge is -2.11. The van der Waals surface area contributed by atoms with E-state index in [2.05, 4.69) is 22.6 Å². The molecule has 0 aliphatic rings. The Labute approximate surface area is 125 Å². The van der Waals surface area contributed by atoms with Crippen LogP contribution in [0.5, 0.6) is 23.0 Å². The van der Waals surface area contributed by atoms with Crippen LogP contribution < -0.4 is 19.9 Å². The molecule has 0 bridgehead atoms. The van der Waals surface area contributed by atoms with Crippen molar-refractivity contribution in [3.05, 3.63) is 40.0 Å². The fourth-order valence-electron chi connectivity index (χ4n) is 1.58. The second-order valence-corrected chi connectivity index (χ2v) is 5.08. The van der Waals surface area contributed by atoms with Gasteiger partial charge in [-0.25, -0.2) is 0 Å². The highest BCUT2D eigenvalue weighted by Gasteiger charge is 2.06. The fourth-order valence-corrected chi connectivity index (χ4v) is 2.09. The normalized spacial score (nSPS) is 10.1. The molecule has 0 aliphatic heterocycles. The molecule has 0 atom stereocenters. The van der Waals surface area contributed by atoms with E-state index in [-0.39, 0.29) is 0 Å². The molecule has 2 aromatic carbocycles. The first-order valence-corrected chi connectivity index (χ1v) is 6.66. The van der Waals surface area contributed by atoms with Crippen LogP contribution in [0.1, 0.15) is 0 Å². The highest BCUT2D eigenvalue weighted by molar-refractivity contribution is 14.1. The highest BCUT2D eigenvalue weighted by Crippen LogP contribution is 2.33. The number of anilines is 1. The number of hydrogen-bond donors (Lipinski definition) is 1. The summed E-state index contributed by atoms with van der Waals surface area (Å²) in [4.78, 5) is 0. The molecule has 2 rings (SSSR count). The number of benzene rings is 2. The Morgan fingerprint density at radius 1 is 0.895 bits per heavy atom.